The van der Waals surface area contributed by atoms with Gasteiger partial charge in [0, 0.05) is 18.8 Å². The van der Waals surface area contributed by atoms with E-state index in [0.29, 0.717) is 24.6 Å². The smallest absolute Gasteiger partial charge is 0.242 e. The van der Waals surface area contributed by atoms with Crippen molar-refractivity contribution in [3.05, 3.63) is 24.3 Å². The normalized spacial score (nSPS) is 19.0. The quantitative estimate of drug-likeness (QED) is 0.878. The van der Waals surface area contributed by atoms with Gasteiger partial charge in [0.1, 0.15) is 0 Å². The largest absolute Gasteiger partial charge is 0.376 e. The van der Waals surface area contributed by atoms with Crippen molar-refractivity contribution < 1.29 is 17.9 Å². The predicted molar refractivity (Wildman–Crippen MR) is 84.7 cm³/mol. The summed E-state index contributed by atoms with van der Waals surface area (Å²) in [5.74, 6) is 0.0911. The second-order valence-corrected chi connectivity index (χ2v) is 7.58. The number of nitrogens with one attached hydrogen (secondary N) is 1. The molecule has 0 spiro atoms. The molecule has 0 radical (unpaired) electrons. The van der Waals surface area contributed by atoms with E-state index in [4.69, 9.17) is 4.74 Å². The van der Waals surface area contributed by atoms with Gasteiger partial charge in [-0.25, -0.2) is 8.42 Å². The first kappa shape index (κ1) is 16.8. The molecule has 0 aliphatic carbocycles. The fraction of sp³-hybridized carbons (Fsp3) is 0.533. The number of hydrogen-bond acceptors (Lipinski definition) is 5. The van der Waals surface area contributed by atoms with E-state index in [1.54, 1.807) is 36.1 Å². The molecular formula is C15H22N2O4S. The van der Waals surface area contributed by atoms with Gasteiger partial charge in [0.2, 0.25) is 5.91 Å². The molecule has 1 heterocycles. The summed E-state index contributed by atoms with van der Waals surface area (Å²) < 4.78 is 28.9. The van der Waals surface area contributed by atoms with E-state index in [0.717, 1.165) is 5.69 Å². The van der Waals surface area contributed by atoms with Crippen LogP contribution in [0.15, 0.2) is 29.2 Å². The number of anilines is 1. The van der Waals surface area contributed by atoms with Crippen molar-refractivity contribution in [1.82, 2.24) is 4.90 Å². The van der Waals surface area contributed by atoms with E-state index in [1.807, 2.05) is 6.92 Å². The SMILES string of the molecule is CCS(=O)(=O)c1ccc(NCC(=O)N2CCO[C@@H](C)C2)cc1. The number of hydrogen-bond donors (Lipinski definition) is 1. The number of sulfone groups is 1. The van der Waals surface area contributed by atoms with Gasteiger partial charge in [-0.05, 0) is 31.2 Å². The van der Waals surface area contributed by atoms with Crippen LogP contribution in [0, 0.1) is 0 Å². The summed E-state index contributed by atoms with van der Waals surface area (Å²) in [5, 5.41) is 3.03. The van der Waals surface area contributed by atoms with Crippen molar-refractivity contribution in [2.45, 2.75) is 24.8 Å². The highest BCUT2D eigenvalue weighted by atomic mass is 32.2. The fourth-order valence-electron chi connectivity index (χ4n) is 2.28. The Morgan fingerprint density at radius 2 is 2.05 bits per heavy atom. The zero-order chi connectivity index (χ0) is 16.2. The summed E-state index contributed by atoms with van der Waals surface area (Å²) in [6.45, 7) is 5.53. The van der Waals surface area contributed by atoms with E-state index < -0.39 is 9.84 Å². The van der Waals surface area contributed by atoms with Gasteiger partial charge >= 0.3 is 0 Å². The minimum absolute atomic E-state index is 0.0143. The molecular weight excluding hydrogens is 304 g/mol. The Kier molecular flexibility index (Phi) is 5.42. The number of morpholine rings is 1. The lowest BCUT2D eigenvalue weighted by Gasteiger charge is -2.31. The van der Waals surface area contributed by atoms with Crippen LogP contribution in [0.4, 0.5) is 5.69 Å². The van der Waals surface area contributed by atoms with E-state index in [1.165, 1.54) is 0 Å². The lowest BCUT2D eigenvalue weighted by atomic mass is 10.3. The van der Waals surface area contributed by atoms with Gasteiger partial charge in [-0.15, -0.1) is 0 Å². The molecule has 0 unspecified atom stereocenters. The molecule has 1 saturated heterocycles. The third-order valence-corrected chi connectivity index (χ3v) is 5.38. The molecule has 122 valence electrons. The fourth-order valence-corrected chi connectivity index (χ4v) is 3.17. The molecule has 1 fully saturated rings. The van der Waals surface area contributed by atoms with Crippen molar-refractivity contribution in [2.24, 2.45) is 0 Å². The van der Waals surface area contributed by atoms with Gasteiger partial charge in [0.05, 0.1) is 29.9 Å². The molecule has 0 aromatic heterocycles. The van der Waals surface area contributed by atoms with Crippen molar-refractivity contribution in [3.8, 4) is 0 Å². The Bertz CT molecular complexity index is 613. The number of nitrogens with zero attached hydrogens (tertiary/aromatic N) is 1. The van der Waals surface area contributed by atoms with Crippen LogP contribution in [0.3, 0.4) is 0 Å². The number of carbonyl (C=O) groups excluding carboxylic acids is 1. The Hall–Kier alpha value is -1.60. The highest BCUT2D eigenvalue weighted by Gasteiger charge is 2.20. The van der Waals surface area contributed by atoms with Gasteiger partial charge in [-0.2, -0.15) is 0 Å². The molecule has 1 aliphatic rings. The molecule has 1 N–H and O–H groups in total. The number of ether oxygens (including phenoxy) is 1. The summed E-state index contributed by atoms with van der Waals surface area (Å²) in [5.41, 5.74) is 0.727. The topological polar surface area (TPSA) is 75.7 Å². The van der Waals surface area contributed by atoms with Crippen molar-refractivity contribution >= 4 is 21.4 Å². The molecule has 6 nitrogen and oxygen atoms in total. The number of benzene rings is 1. The molecule has 1 aromatic carbocycles. The standard InChI is InChI=1S/C15H22N2O4S/c1-3-22(19,20)14-6-4-13(5-7-14)16-10-15(18)17-8-9-21-12(2)11-17/h4-7,12,16H,3,8-11H2,1-2H3/t12-/m0/s1. The predicted octanol–water partition coefficient (Wildman–Crippen LogP) is 1.14. The Labute approximate surface area is 131 Å². The van der Waals surface area contributed by atoms with Gasteiger partial charge in [0.15, 0.2) is 9.84 Å². The molecule has 22 heavy (non-hydrogen) atoms. The molecule has 1 aliphatic heterocycles. The summed E-state index contributed by atoms with van der Waals surface area (Å²) in [6.07, 6.45) is 0.0660. The molecule has 2 rings (SSSR count). The van der Waals surface area contributed by atoms with Crippen molar-refractivity contribution in [3.63, 3.8) is 0 Å². The van der Waals surface area contributed by atoms with Gasteiger partial charge in [-0.1, -0.05) is 6.92 Å². The second kappa shape index (κ2) is 7.11. The molecule has 1 amide bonds. The van der Waals surface area contributed by atoms with Crippen LogP contribution >= 0.6 is 0 Å². The van der Waals surface area contributed by atoms with Crippen LogP contribution in [0.1, 0.15) is 13.8 Å². The van der Waals surface area contributed by atoms with Crippen LogP contribution in [0.2, 0.25) is 0 Å². The van der Waals surface area contributed by atoms with Gasteiger partial charge in [0.25, 0.3) is 0 Å². The van der Waals surface area contributed by atoms with E-state index in [-0.39, 0.29) is 24.3 Å². The molecule has 7 heteroatoms. The third kappa shape index (κ3) is 4.20. The number of carbonyl (C=O) groups is 1. The summed E-state index contributed by atoms with van der Waals surface area (Å²) in [4.78, 5) is 14.2. The van der Waals surface area contributed by atoms with Crippen molar-refractivity contribution in [1.29, 1.82) is 0 Å². The van der Waals surface area contributed by atoms with Crippen LogP contribution in [0.5, 0.6) is 0 Å². The molecule has 0 bridgehead atoms. The van der Waals surface area contributed by atoms with E-state index in [2.05, 4.69) is 5.32 Å². The van der Waals surface area contributed by atoms with E-state index >= 15 is 0 Å². The maximum atomic E-state index is 12.1. The lowest BCUT2D eigenvalue weighted by Crippen LogP contribution is -2.46. The molecule has 1 atom stereocenters. The minimum Gasteiger partial charge on any atom is -0.376 e. The number of rotatable bonds is 5. The maximum absolute atomic E-state index is 12.1. The molecule has 1 aromatic rings. The second-order valence-electron chi connectivity index (χ2n) is 5.30. The summed E-state index contributed by atoms with van der Waals surface area (Å²) in [6, 6.07) is 6.47. The zero-order valence-electron chi connectivity index (χ0n) is 12.9. The third-order valence-electron chi connectivity index (χ3n) is 3.63. The first-order valence-corrected chi connectivity index (χ1v) is 9.03. The average molecular weight is 326 g/mol. The van der Waals surface area contributed by atoms with Crippen LogP contribution < -0.4 is 5.32 Å². The first-order valence-electron chi connectivity index (χ1n) is 7.38. The Morgan fingerprint density at radius 3 is 2.64 bits per heavy atom. The monoisotopic (exact) mass is 326 g/mol. The molecule has 0 saturated carbocycles. The highest BCUT2D eigenvalue weighted by Crippen LogP contribution is 2.15. The van der Waals surface area contributed by atoms with Crippen LogP contribution in [-0.4, -0.2) is 57.3 Å². The Balaban J connectivity index is 1.90. The minimum atomic E-state index is -3.19. The average Bonchev–Trinajstić information content (AvgIpc) is 2.53. The van der Waals surface area contributed by atoms with Gasteiger partial charge < -0.3 is 15.0 Å². The maximum Gasteiger partial charge on any atom is 0.242 e. The highest BCUT2D eigenvalue weighted by molar-refractivity contribution is 7.91. The van der Waals surface area contributed by atoms with E-state index in [9.17, 15) is 13.2 Å². The summed E-state index contributed by atoms with van der Waals surface area (Å²) >= 11 is 0. The summed E-state index contributed by atoms with van der Waals surface area (Å²) in [7, 11) is -3.19. The van der Waals surface area contributed by atoms with Gasteiger partial charge in [-0.3, -0.25) is 4.79 Å². The van der Waals surface area contributed by atoms with Crippen LogP contribution in [-0.2, 0) is 19.4 Å². The first-order chi connectivity index (χ1) is 10.4. The van der Waals surface area contributed by atoms with Crippen molar-refractivity contribution in [2.75, 3.05) is 37.3 Å². The van der Waals surface area contributed by atoms with Crippen LogP contribution in [0.25, 0.3) is 0 Å². The lowest BCUT2D eigenvalue weighted by molar-refractivity contribution is -0.136. The zero-order valence-corrected chi connectivity index (χ0v) is 13.7. The number of amides is 1. The Morgan fingerprint density at radius 1 is 1.36 bits per heavy atom.